The van der Waals surface area contributed by atoms with Crippen molar-refractivity contribution in [3.63, 3.8) is 0 Å². The van der Waals surface area contributed by atoms with Gasteiger partial charge in [0.05, 0.1) is 0 Å². The molecule has 0 rings (SSSR count). The van der Waals surface area contributed by atoms with Crippen LogP contribution in [0.4, 0.5) is 0 Å². The van der Waals surface area contributed by atoms with Gasteiger partial charge in [-0.15, -0.1) is 0 Å². The predicted octanol–water partition coefficient (Wildman–Crippen LogP) is -1.67. The van der Waals surface area contributed by atoms with E-state index < -0.39 is 23.8 Å². The summed E-state index contributed by atoms with van der Waals surface area (Å²) in [5.74, 6) is -3.98. The van der Waals surface area contributed by atoms with E-state index in [4.69, 9.17) is 15.3 Å². The van der Waals surface area contributed by atoms with Gasteiger partial charge >= 0.3 is 77.0 Å². The summed E-state index contributed by atoms with van der Waals surface area (Å²) in [5, 5.41) is 23.2. The van der Waals surface area contributed by atoms with Crippen molar-refractivity contribution in [2.45, 2.75) is 0 Å². The van der Waals surface area contributed by atoms with Crippen molar-refractivity contribution in [2.75, 3.05) is 0 Å². The van der Waals surface area contributed by atoms with Gasteiger partial charge in [-0.3, -0.25) is 4.79 Å². The molecule has 0 aliphatic carbocycles. The van der Waals surface area contributed by atoms with E-state index in [0.717, 1.165) is 12.2 Å². The average Bonchev–Trinajstić information content (AvgIpc) is 2.27. The van der Waals surface area contributed by atoms with Crippen molar-refractivity contribution in [1.82, 2.24) is 0 Å². The van der Waals surface area contributed by atoms with Crippen LogP contribution < -0.4 is 5.73 Å². The summed E-state index contributed by atoms with van der Waals surface area (Å²) < 4.78 is 0. The van der Waals surface area contributed by atoms with Crippen molar-refractivity contribution >= 4 is 82.9 Å². The zero-order chi connectivity index (χ0) is 15.1. The first-order chi connectivity index (χ1) is 8.17. The number of carbonyl (C=O) groups excluding carboxylic acids is 1. The molecule has 1 amide bonds. The van der Waals surface area contributed by atoms with Gasteiger partial charge in [0.1, 0.15) is 0 Å². The van der Waals surface area contributed by atoms with Crippen molar-refractivity contribution in [1.29, 1.82) is 0 Å². The minimum atomic E-state index is -1.26. The van der Waals surface area contributed by atoms with E-state index >= 15 is 0 Å². The SMILES string of the molecule is C=CC(=O)O.C=CC(N)=O.O=C(O)C=CC(=O)O.[NaH].[NaH]. The molecule has 0 aromatic heterocycles. The van der Waals surface area contributed by atoms with Crippen LogP contribution >= 0.6 is 0 Å². The molecule has 0 aliphatic heterocycles. The van der Waals surface area contributed by atoms with Crippen LogP contribution in [0, 0.1) is 0 Å². The van der Waals surface area contributed by atoms with Crippen molar-refractivity contribution < 1.29 is 34.5 Å². The molecule has 10 heteroatoms. The molecule has 0 heterocycles. The third-order valence-corrected chi connectivity index (χ3v) is 0.744. The Morgan fingerprint density at radius 3 is 1.00 bits per heavy atom. The summed E-state index contributed by atoms with van der Waals surface area (Å²) in [6, 6.07) is 0. The zero-order valence-corrected chi connectivity index (χ0v) is 9.28. The van der Waals surface area contributed by atoms with Crippen molar-refractivity contribution in [3.05, 3.63) is 37.5 Å². The molecule has 0 saturated carbocycles. The van der Waals surface area contributed by atoms with Gasteiger partial charge in [0, 0.05) is 18.2 Å². The van der Waals surface area contributed by atoms with Gasteiger partial charge < -0.3 is 21.1 Å². The van der Waals surface area contributed by atoms with E-state index in [0.29, 0.717) is 12.2 Å². The van der Waals surface area contributed by atoms with E-state index in [1.54, 1.807) is 0 Å². The number of aliphatic carboxylic acids is 3. The summed E-state index contributed by atoms with van der Waals surface area (Å²) in [6.07, 6.45) is 3.00. The molecule has 0 saturated heterocycles. The van der Waals surface area contributed by atoms with Crippen LogP contribution in [0.2, 0.25) is 0 Å². The van der Waals surface area contributed by atoms with Crippen LogP contribution in [0.15, 0.2) is 37.5 Å². The molecule has 0 aliphatic rings. The number of rotatable bonds is 4. The molecular weight excluding hydrogens is 292 g/mol. The topological polar surface area (TPSA) is 155 Å². The number of primary amides is 1. The predicted molar refractivity (Wildman–Crippen MR) is 75.9 cm³/mol. The van der Waals surface area contributed by atoms with E-state index in [1.165, 1.54) is 0 Å². The first-order valence-corrected chi connectivity index (χ1v) is 4.08. The first kappa shape index (κ1) is 31.5. The van der Waals surface area contributed by atoms with Gasteiger partial charge in [-0.2, -0.15) is 0 Å². The molecular formula is C10H15NNa2O7. The molecule has 8 nitrogen and oxygen atoms in total. The second kappa shape index (κ2) is 23.2. The normalized spacial score (nSPS) is 7.00. The summed E-state index contributed by atoms with van der Waals surface area (Å²) in [5.41, 5.74) is 4.53. The molecule has 0 fully saturated rings. The number of carboxylic acid groups (broad SMARTS) is 3. The molecule has 104 valence electrons. The van der Waals surface area contributed by atoms with Crippen LogP contribution in [0.3, 0.4) is 0 Å². The third-order valence-electron chi connectivity index (χ3n) is 0.744. The minimum absolute atomic E-state index is 0. The van der Waals surface area contributed by atoms with Crippen LogP contribution in [-0.4, -0.2) is 98.2 Å². The fourth-order valence-corrected chi connectivity index (χ4v) is 0.143. The molecule has 20 heavy (non-hydrogen) atoms. The van der Waals surface area contributed by atoms with Gasteiger partial charge in [-0.1, -0.05) is 13.2 Å². The number of hydrogen-bond donors (Lipinski definition) is 4. The third kappa shape index (κ3) is 67.6. The van der Waals surface area contributed by atoms with Gasteiger partial charge in [0.2, 0.25) is 5.91 Å². The summed E-state index contributed by atoms with van der Waals surface area (Å²) >= 11 is 0. The molecule has 0 bridgehead atoms. The number of carboxylic acids is 3. The Morgan fingerprint density at radius 2 is 0.950 bits per heavy atom. The fraction of sp³-hybridized carbons (Fsp3) is 0. The van der Waals surface area contributed by atoms with Crippen LogP contribution in [-0.2, 0) is 19.2 Å². The average molecular weight is 307 g/mol. The Labute approximate surface area is 159 Å². The first-order valence-electron chi connectivity index (χ1n) is 4.08. The van der Waals surface area contributed by atoms with Gasteiger partial charge in [0.15, 0.2) is 0 Å². The zero-order valence-electron chi connectivity index (χ0n) is 9.28. The Kier molecular flexibility index (Phi) is 36.5. The van der Waals surface area contributed by atoms with Crippen LogP contribution in [0.1, 0.15) is 0 Å². The monoisotopic (exact) mass is 307 g/mol. The molecule has 5 N–H and O–H groups in total. The van der Waals surface area contributed by atoms with Gasteiger partial charge in [0.25, 0.3) is 0 Å². The standard InChI is InChI=1S/C4H4O4.C3H5NO.C3H4O2.2Na.2H/c5-3(6)1-2-4(7)8;2*1-2-3(4)5;;;;/h1-2H,(H,5,6)(H,7,8);2H,1H2,(H2,4,5);2H,1H2,(H,4,5);;;;. The molecule has 0 spiro atoms. The molecule has 0 aromatic carbocycles. The maximum absolute atomic E-state index is 9.55. The Balaban J connectivity index is -0.0000000558. The van der Waals surface area contributed by atoms with Gasteiger partial charge in [-0.05, 0) is 6.08 Å². The van der Waals surface area contributed by atoms with E-state index in [9.17, 15) is 19.2 Å². The van der Waals surface area contributed by atoms with E-state index in [2.05, 4.69) is 18.9 Å². The number of nitrogens with two attached hydrogens (primary N) is 1. The number of hydrogen-bond acceptors (Lipinski definition) is 4. The number of amides is 1. The molecule has 0 radical (unpaired) electrons. The Hall–Kier alpha value is -0.900. The second-order valence-corrected chi connectivity index (χ2v) is 2.16. The fourth-order valence-electron chi connectivity index (χ4n) is 0.143. The quantitative estimate of drug-likeness (QED) is 0.357. The molecule has 0 unspecified atom stereocenters. The van der Waals surface area contributed by atoms with E-state index in [1.807, 2.05) is 0 Å². The van der Waals surface area contributed by atoms with Gasteiger partial charge in [-0.25, -0.2) is 14.4 Å². The molecule has 0 atom stereocenters. The Bertz CT molecular complexity index is 333. The van der Waals surface area contributed by atoms with E-state index in [-0.39, 0.29) is 59.1 Å². The van der Waals surface area contributed by atoms with Crippen molar-refractivity contribution in [3.8, 4) is 0 Å². The Morgan fingerprint density at radius 1 is 0.750 bits per heavy atom. The summed E-state index contributed by atoms with van der Waals surface area (Å²) in [7, 11) is 0. The number of carbonyl (C=O) groups is 4. The van der Waals surface area contributed by atoms with Crippen LogP contribution in [0.25, 0.3) is 0 Å². The molecule has 0 aromatic rings. The summed E-state index contributed by atoms with van der Waals surface area (Å²) in [6.45, 7) is 6.05. The second-order valence-electron chi connectivity index (χ2n) is 2.16. The maximum atomic E-state index is 9.55. The van der Waals surface area contributed by atoms with Crippen molar-refractivity contribution in [2.24, 2.45) is 5.73 Å². The van der Waals surface area contributed by atoms with Crippen LogP contribution in [0.5, 0.6) is 0 Å². The summed E-state index contributed by atoms with van der Waals surface area (Å²) in [4.78, 5) is 37.8.